The topological polar surface area (TPSA) is 72.0 Å². The van der Waals surface area contributed by atoms with Crippen LogP contribution in [0.3, 0.4) is 0 Å². The Labute approximate surface area is 249 Å². The molecule has 0 amide bonds. The van der Waals surface area contributed by atoms with Crippen molar-refractivity contribution in [3.8, 4) is 0 Å². The molecular formula is C32H37ClN2O2RuS. The van der Waals surface area contributed by atoms with Gasteiger partial charge in [0.15, 0.2) is 0 Å². The van der Waals surface area contributed by atoms with Gasteiger partial charge in [-0.1, -0.05) is 133 Å². The summed E-state index contributed by atoms with van der Waals surface area (Å²) in [6.07, 6.45) is 0. The summed E-state index contributed by atoms with van der Waals surface area (Å²) in [6, 6.07) is 32.0. The third kappa shape index (κ3) is 11.0. The van der Waals surface area contributed by atoms with E-state index < -0.39 is 22.1 Å². The molecule has 4 aromatic rings. The zero-order chi connectivity index (χ0) is 28.1. The van der Waals surface area contributed by atoms with Gasteiger partial charge in [-0.05, 0) is 37.5 Å². The number of sulfonamides is 1. The summed E-state index contributed by atoms with van der Waals surface area (Å²) in [4.78, 5) is 0.143. The van der Waals surface area contributed by atoms with Crippen LogP contribution in [0.15, 0.2) is 114 Å². The minimum atomic E-state index is -3.87. The van der Waals surface area contributed by atoms with Crippen LogP contribution < -0.4 is 0 Å². The number of halogens is 1. The zero-order valence-electron chi connectivity index (χ0n) is 23.0. The molecule has 0 heterocycles. The van der Waals surface area contributed by atoms with Crippen LogP contribution in [0.25, 0.3) is 10.5 Å². The fourth-order valence-electron chi connectivity index (χ4n) is 3.68. The van der Waals surface area contributed by atoms with Crippen LogP contribution in [0, 0.1) is 21.3 Å². The molecule has 1 N–H and O–H groups in total. The average Bonchev–Trinajstić information content (AvgIpc) is 2.94. The Morgan fingerprint density at radius 3 is 1.51 bits per heavy atom. The maximum absolute atomic E-state index is 12.8. The van der Waals surface area contributed by atoms with Crippen molar-refractivity contribution >= 4 is 19.7 Å². The summed E-state index contributed by atoms with van der Waals surface area (Å²) in [5, 5.41) is 0. The number of benzene rings is 4. The summed E-state index contributed by atoms with van der Waals surface area (Å²) < 4.78 is 29.8. The first-order chi connectivity index (χ1) is 18.2. The molecule has 0 radical (unpaired) electrons. The van der Waals surface area contributed by atoms with Gasteiger partial charge in [-0.15, -0.1) is 12.1 Å². The number of nitrogens with zero attached hydrogens (tertiary/aromatic N) is 1. The summed E-state index contributed by atoms with van der Waals surface area (Å²) in [6.45, 7) is 8.44. The maximum atomic E-state index is 12.8. The van der Waals surface area contributed by atoms with Crippen LogP contribution >= 0.6 is 9.69 Å². The molecule has 0 bridgehead atoms. The molecule has 4 aromatic carbocycles. The summed E-state index contributed by atoms with van der Waals surface area (Å²) >= 11 is 1.82. The molecule has 0 saturated carbocycles. The van der Waals surface area contributed by atoms with E-state index in [9.17, 15) is 8.42 Å². The van der Waals surface area contributed by atoms with E-state index in [4.69, 9.17) is 5.73 Å². The van der Waals surface area contributed by atoms with Crippen molar-refractivity contribution < 1.29 is 25.7 Å². The van der Waals surface area contributed by atoms with Gasteiger partial charge in [0, 0.05) is 4.90 Å². The van der Waals surface area contributed by atoms with E-state index in [2.05, 4.69) is 59.4 Å². The van der Waals surface area contributed by atoms with Crippen molar-refractivity contribution in [3.05, 3.63) is 155 Å². The molecule has 4 nitrogen and oxygen atoms in total. The van der Waals surface area contributed by atoms with Crippen LogP contribution in [0.1, 0.15) is 59.7 Å². The van der Waals surface area contributed by atoms with Crippen molar-refractivity contribution in [2.75, 3.05) is 0 Å². The van der Waals surface area contributed by atoms with Gasteiger partial charge in [-0.3, -0.25) is 0 Å². The van der Waals surface area contributed by atoms with Crippen molar-refractivity contribution in [1.82, 2.24) is 0 Å². The molecule has 0 fully saturated rings. The van der Waals surface area contributed by atoms with E-state index in [0.717, 1.165) is 11.1 Å². The Hall–Kier alpha value is -2.34. The van der Waals surface area contributed by atoms with Gasteiger partial charge in [0.05, 0.1) is 0 Å². The van der Waals surface area contributed by atoms with Gasteiger partial charge >= 0.3 is 27.0 Å². The molecule has 0 aliphatic rings. The standard InChI is InChI=1S/C21H20N2O2S.C10H14.CH3.ClH.Ru/c1-16-12-14-19(15-13-16)26(24,25)23-21(18-10-6-3-7-11-18)20(22)17-8-4-2-5-9-17;1-8(2)10-6-4-9(3)5-7-10;;;/h2-15,20-22H,1H3;4-8H,1-3H3;1H3;1H;/q-2;;-1;;+4/p-1/t20-,21?;;;;/m1..../s1. The summed E-state index contributed by atoms with van der Waals surface area (Å²) in [5.74, 6) is 0.653. The number of nitrogens with one attached hydrogen (secondary N) is 1. The van der Waals surface area contributed by atoms with E-state index in [1.165, 1.54) is 11.1 Å². The van der Waals surface area contributed by atoms with E-state index in [1.807, 2.05) is 84.9 Å². The Balaban J connectivity index is 0.000000493. The predicted molar refractivity (Wildman–Crippen MR) is 162 cm³/mol. The first kappa shape index (κ1) is 34.7. The number of rotatable bonds is 7. The van der Waals surface area contributed by atoms with Crippen molar-refractivity contribution in [2.24, 2.45) is 0 Å². The van der Waals surface area contributed by atoms with Crippen LogP contribution in [0.2, 0.25) is 0 Å². The van der Waals surface area contributed by atoms with Crippen molar-refractivity contribution in [2.45, 2.75) is 50.6 Å². The summed E-state index contributed by atoms with van der Waals surface area (Å²) in [7, 11) is 0.696. The van der Waals surface area contributed by atoms with Gasteiger partial charge in [0.1, 0.15) is 10.0 Å². The summed E-state index contributed by atoms with van der Waals surface area (Å²) in [5.41, 5.74) is 13.8. The third-order valence-corrected chi connectivity index (χ3v) is 7.30. The number of aryl methyl sites for hydroxylation is 2. The Morgan fingerprint density at radius 1 is 0.667 bits per heavy atom. The first-order valence-corrected chi connectivity index (χ1v) is 15.9. The first-order valence-electron chi connectivity index (χ1n) is 12.2. The SMILES string of the molecule is Cc1ccc(C(C)C)cc1.Cc1ccc(S(=O)(=O)[N-]C(c2ccccc2)[C@H]([NH-])c2ccccc2)cc1.[CH3-].[Cl][Ru+3]. The van der Waals surface area contributed by atoms with E-state index in [-0.39, 0.29) is 12.3 Å². The molecule has 0 spiro atoms. The van der Waals surface area contributed by atoms with Crippen LogP contribution in [-0.4, -0.2) is 8.42 Å². The van der Waals surface area contributed by atoms with Crippen LogP contribution in [0.5, 0.6) is 0 Å². The van der Waals surface area contributed by atoms with Crippen molar-refractivity contribution in [1.29, 1.82) is 0 Å². The third-order valence-electron chi connectivity index (χ3n) is 5.93. The molecule has 0 aliphatic carbocycles. The number of hydrogen-bond donors (Lipinski definition) is 0. The fraction of sp³-hybridized carbons (Fsp3) is 0.219. The van der Waals surface area contributed by atoms with Crippen molar-refractivity contribution in [3.63, 3.8) is 0 Å². The van der Waals surface area contributed by atoms with Gasteiger partial charge < -0.3 is 17.9 Å². The molecule has 2 atom stereocenters. The normalized spacial score (nSPS) is 12.1. The zero-order valence-corrected chi connectivity index (χ0v) is 26.3. The van der Waals surface area contributed by atoms with Gasteiger partial charge in [0.25, 0.3) is 0 Å². The molecule has 1 unspecified atom stereocenters. The van der Waals surface area contributed by atoms with Crippen LogP contribution in [-0.2, 0) is 27.3 Å². The fourth-order valence-corrected chi connectivity index (χ4v) is 4.82. The second-order valence-electron chi connectivity index (χ2n) is 9.20. The molecule has 0 saturated heterocycles. The predicted octanol–water partition coefficient (Wildman–Crippen LogP) is 9.85. The Morgan fingerprint density at radius 2 is 1.08 bits per heavy atom. The molecular weight excluding hydrogens is 613 g/mol. The molecule has 208 valence electrons. The monoisotopic (exact) mass is 650 g/mol. The van der Waals surface area contributed by atoms with Gasteiger partial charge in [0.2, 0.25) is 0 Å². The molecule has 0 aromatic heterocycles. The van der Waals surface area contributed by atoms with Crippen LogP contribution in [0.4, 0.5) is 0 Å². The van der Waals surface area contributed by atoms with E-state index in [1.54, 1.807) is 24.3 Å². The molecule has 0 aliphatic heterocycles. The molecule has 39 heavy (non-hydrogen) atoms. The quantitative estimate of drug-likeness (QED) is 0.148. The number of hydrogen-bond acceptors (Lipinski definition) is 2. The van der Waals surface area contributed by atoms with E-state index >= 15 is 0 Å². The molecule has 7 heteroatoms. The minimum absolute atomic E-state index is 0. The average molecular weight is 650 g/mol. The van der Waals surface area contributed by atoms with E-state index in [0.29, 0.717) is 11.5 Å². The van der Waals surface area contributed by atoms with Gasteiger partial charge in [-0.25, -0.2) is 8.42 Å². The second-order valence-corrected chi connectivity index (χ2v) is 10.8. The Kier molecular flexibility index (Phi) is 15.5. The molecule has 4 rings (SSSR count). The second kappa shape index (κ2) is 17.4. The Bertz CT molecular complexity index is 1320. The van der Waals surface area contributed by atoms with Gasteiger partial charge in [-0.2, -0.15) is 0 Å².